The average Bonchev–Trinajstić information content (AvgIpc) is 2.63. The van der Waals surface area contributed by atoms with Gasteiger partial charge in [0.2, 0.25) is 0 Å². The molecule has 0 radical (unpaired) electrons. The molecule has 0 fully saturated rings. The van der Waals surface area contributed by atoms with E-state index in [9.17, 15) is 0 Å². The Morgan fingerprint density at radius 3 is 2.80 bits per heavy atom. The fourth-order valence-electron chi connectivity index (χ4n) is 1.36. The normalized spacial score (nSPS) is 23.0. The van der Waals surface area contributed by atoms with Gasteiger partial charge in [0.05, 0.1) is 12.6 Å². The number of nitrogens with zero attached hydrogens (tertiary/aromatic N) is 1. The molecule has 3 nitrogen and oxygen atoms in total. The Hall–Kier alpha value is -0.220. The first-order valence-corrected chi connectivity index (χ1v) is 6.67. The molecule has 1 unspecified atom stereocenters. The Bertz CT molecular complexity index is 219. The fourth-order valence-corrected chi connectivity index (χ4v) is 2.64. The van der Waals surface area contributed by atoms with E-state index < -0.39 is 0 Å². The number of ether oxygens (including phenoxy) is 1. The molecule has 1 rings (SSSR count). The van der Waals surface area contributed by atoms with Crippen LogP contribution >= 0.6 is 11.8 Å². The van der Waals surface area contributed by atoms with Gasteiger partial charge in [-0.2, -0.15) is 0 Å². The van der Waals surface area contributed by atoms with Crippen LogP contribution in [0.1, 0.15) is 27.7 Å². The van der Waals surface area contributed by atoms with Crippen molar-refractivity contribution in [3.8, 4) is 0 Å². The maximum atomic E-state index is 5.35. The number of amidine groups is 1. The number of hydrogen-bond donors (Lipinski definition) is 1. The molecule has 0 aromatic rings. The monoisotopic (exact) mass is 230 g/mol. The number of nitrogens with one attached hydrogen (secondary N) is 1. The first kappa shape index (κ1) is 12.8. The number of rotatable bonds is 5. The van der Waals surface area contributed by atoms with E-state index >= 15 is 0 Å². The lowest BCUT2D eigenvalue weighted by Gasteiger charge is -2.13. The maximum absolute atomic E-state index is 5.35. The molecule has 0 aromatic heterocycles. The molecule has 0 spiro atoms. The van der Waals surface area contributed by atoms with Crippen LogP contribution in [0, 0.1) is 5.92 Å². The van der Waals surface area contributed by atoms with Crippen LogP contribution in [0.15, 0.2) is 4.99 Å². The van der Waals surface area contributed by atoms with Gasteiger partial charge in [-0.1, -0.05) is 25.6 Å². The molecule has 4 heteroatoms. The minimum absolute atomic E-state index is 0.349. The average molecular weight is 230 g/mol. The molecule has 0 aliphatic carbocycles. The van der Waals surface area contributed by atoms with Gasteiger partial charge in [0.15, 0.2) is 5.17 Å². The van der Waals surface area contributed by atoms with Crippen molar-refractivity contribution in [3.63, 3.8) is 0 Å². The Labute approximate surface area is 97.1 Å². The SMILES string of the molecule is CCOCC(C)NC1=N[C@@H](C(C)C)CS1. The van der Waals surface area contributed by atoms with Crippen molar-refractivity contribution in [2.75, 3.05) is 19.0 Å². The van der Waals surface area contributed by atoms with Crippen molar-refractivity contribution in [3.05, 3.63) is 0 Å². The zero-order valence-electron chi connectivity index (χ0n) is 10.1. The molecule has 0 bridgehead atoms. The topological polar surface area (TPSA) is 33.6 Å². The van der Waals surface area contributed by atoms with E-state index in [4.69, 9.17) is 4.74 Å². The van der Waals surface area contributed by atoms with Crippen LogP contribution in [-0.4, -0.2) is 36.2 Å². The van der Waals surface area contributed by atoms with Crippen molar-refractivity contribution in [1.29, 1.82) is 0 Å². The molecule has 0 saturated carbocycles. The summed E-state index contributed by atoms with van der Waals surface area (Å²) in [4.78, 5) is 4.65. The number of thioether (sulfide) groups is 1. The summed E-state index contributed by atoms with van der Waals surface area (Å²) >= 11 is 1.82. The Balaban J connectivity index is 2.30. The highest BCUT2D eigenvalue weighted by atomic mass is 32.2. The Morgan fingerprint density at radius 2 is 2.27 bits per heavy atom. The molecular weight excluding hydrogens is 208 g/mol. The minimum Gasteiger partial charge on any atom is -0.380 e. The third-order valence-corrected chi connectivity index (χ3v) is 3.39. The van der Waals surface area contributed by atoms with Crippen LogP contribution in [0.2, 0.25) is 0 Å². The summed E-state index contributed by atoms with van der Waals surface area (Å²) in [5.74, 6) is 1.75. The number of aliphatic imine (C=N–C) groups is 1. The number of hydrogen-bond acceptors (Lipinski definition) is 4. The van der Waals surface area contributed by atoms with Gasteiger partial charge in [0.25, 0.3) is 0 Å². The van der Waals surface area contributed by atoms with E-state index in [1.165, 1.54) is 0 Å². The van der Waals surface area contributed by atoms with E-state index in [0.717, 1.165) is 24.1 Å². The smallest absolute Gasteiger partial charge is 0.157 e. The van der Waals surface area contributed by atoms with Crippen LogP contribution in [-0.2, 0) is 4.74 Å². The Morgan fingerprint density at radius 1 is 1.53 bits per heavy atom. The molecule has 1 heterocycles. The molecule has 88 valence electrons. The zero-order valence-corrected chi connectivity index (χ0v) is 10.9. The highest BCUT2D eigenvalue weighted by molar-refractivity contribution is 8.14. The van der Waals surface area contributed by atoms with Gasteiger partial charge in [-0.25, -0.2) is 0 Å². The van der Waals surface area contributed by atoms with Gasteiger partial charge in [-0.3, -0.25) is 4.99 Å². The molecule has 1 aliphatic heterocycles. The molecule has 1 aliphatic rings. The van der Waals surface area contributed by atoms with E-state index in [1.807, 2.05) is 18.7 Å². The highest BCUT2D eigenvalue weighted by Gasteiger charge is 2.21. The molecule has 0 saturated heterocycles. The predicted octanol–water partition coefficient (Wildman–Crippen LogP) is 2.13. The van der Waals surface area contributed by atoms with Crippen LogP contribution in [0.3, 0.4) is 0 Å². The van der Waals surface area contributed by atoms with E-state index in [2.05, 4.69) is 31.1 Å². The molecule has 15 heavy (non-hydrogen) atoms. The predicted molar refractivity (Wildman–Crippen MR) is 67.6 cm³/mol. The van der Waals surface area contributed by atoms with Crippen LogP contribution in [0.5, 0.6) is 0 Å². The fraction of sp³-hybridized carbons (Fsp3) is 0.909. The molecule has 1 N–H and O–H groups in total. The van der Waals surface area contributed by atoms with Crippen molar-refractivity contribution in [2.24, 2.45) is 10.9 Å². The maximum Gasteiger partial charge on any atom is 0.157 e. The van der Waals surface area contributed by atoms with Crippen LogP contribution < -0.4 is 5.32 Å². The lowest BCUT2D eigenvalue weighted by molar-refractivity contribution is 0.133. The second-order valence-electron chi connectivity index (χ2n) is 4.26. The molecule has 0 aromatic carbocycles. The van der Waals surface area contributed by atoms with E-state index in [0.29, 0.717) is 18.0 Å². The van der Waals surface area contributed by atoms with Gasteiger partial charge < -0.3 is 10.1 Å². The standard InChI is InChI=1S/C11H22N2OS/c1-5-14-6-9(4)12-11-13-10(7-15-11)8(2)3/h8-10H,5-7H2,1-4H3,(H,12,13)/t9?,10-/m1/s1. The highest BCUT2D eigenvalue weighted by Crippen LogP contribution is 2.22. The van der Waals surface area contributed by atoms with E-state index in [-0.39, 0.29) is 0 Å². The first-order valence-electron chi connectivity index (χ1n) is 5.68. The second kappa shape index (κ2) is 6.38. The Kier molecular flexibility index (Phi) is 5.47. The van der Waals surface area contributed by atoms with Gasteiger partial charge >= 0.3 is 0 Å². The minimum atomic E-state index is 0.349. The van der Waals surface area contributed by atoms with Gasteiger partial charge in [0, 0.05) is 18.4 Å². The summed E-state index contributed by atoms with van der Waals surface area (Å²) < 4.78 is 5.35. The quantitative estimate of drug-likeness (QED) is 0.785. The van der Waals surface area contributed by atoms with Crippen molar-refractivity contribution < 1.29 is 4.74 Å². The van der Waals surface area contributed by atoms with E-state index in [1.54, 1.807) is 0 Å². The summed E-state index contributed by atoms with van der Waals surface area (Å²) in [6.45, 7) is 10.1. The van der Waals surface area contributed by atoms with Crippen LogP contribution in [0.25, 0.3) is 0 Å². The third kappa shape index (κ3) is 4.43. The summed E-state index contributed by atoms with van der Waals surface area (Å²) in [7, 11) is 0. The molecule has 2 atom stereocenters. The third-order valence-electron chi connectivity index (χ3n) is 2.39. The lowest BCUT2D eigenvalue weighted by atomic mass is 10.1. The lowest BCUT2D eigenvalue weighted by Crippen LogP contribution is -2.33. The van der Waals surface area contributed by atoms with Gasteiger partial charge in [-0.05, 0) is 19.8 Å². The van der Waals surface area contributed by atoms with Gasteiger partial charge in [0.1, 0.15) is 0 Å². The van der Waals surface area contributed by atoms with Crippen molar-refractivity contribution >= 4 is 16.9 Å². The second-order valence-corrected chi connectivity index (χ2v) is 5.27. The summed E-state index contributed by atoms with van der Waals surface area (Å²) in [6.07, 6.45) is 0. The zero-order chi connectivity index (χ0) is 11.3. The summed E-state index contributed by atoms with van der Waals surface area (Å²) in [6, 6.07) is 0.832. The largest absolute Gasteiger partial charge is 0.380 e. The van der Waals surface area contributed by atoms with Crippen molar-refractivity contribution in [1.82, 2.24) is 5.32 Å². The summed E-state index contributed by atoms with van der Waals surface area (Å²) in [5.41, 5.74) is 0. The summed E-state index contributed by atoms with van der Waals surface area (Å²) in [5, 5.41) is 4.47. The van der Waals surface area contributed by atoms with Crippen molar-refractivity contribution in [2.45, 2.75) is 39.8 Å². The van der Waals surface area contributed by atoms with Gasteiger partial charge in [-0.15, -0.1) is 0 Å². The van der Waals surface area contributed by atoms with Crippen LogP contribution in [0.4, 0.5) is 0 Å². The molecule has 0 amide bonds. The molecular formula is C11H22N2OS. The first-order chi connectivity index (χ1) is 7.13.